The summed E-state index contributed by atoms with van der Waals surface area (Å²) in [5.74, 6) is -0.222. The van der Waals surface area contributed by atoms with Crippen LogP contribution in [-0.2, 0) is 16.4 Å². The molecule has 0 aliphatic carbocycles. The number of hydrogen-bond donors (Lipinski definition) is 2. The first-order chi connectivity index (χ1) is 12.9. The topological polar surface area (TPSA) is 75.3 Å². The fourth-order valence-electron chi connectivity index (χ4n) is 2.48. The van der Waals surface area contributed by atoms with Gasteiger partial charge in [-0.05, 0) is 72.1 Å². The van der Waals surface area contributed by atoms with E-state index in [-0.39, 0.29) is 10.8 Å². The Hall–Kier alpha value is -2.64. The molecule has 27 heavy (non-hydrogen) atoms. The Kier molecular flexibility index (Phi) is 5.93. The van der Waals surface area contributed by atoms with Crippen molar-refractivity contribution in [2.45, 2.75) is 18.2 Å². The number of carbonyl (C=O) groups excluding carboxylic acids is 1. The third-order valence-corrected chi connectivity index (χ3v) is 6.14. The quantitative estimate of drug-likeness (QED) is 0.633. The molecule has 0 unspecified atom stereocenters. The number of hydrogen-bond acceptors (Lipinski definition) is 4. The van der Waals surface area contributed by atoms with Crippen molar-refractivity contribution in [2.75, 3.05) is 11.3 Å². The molecule has 2 aromatic carbocycles. The number of carbonyl (C=O) groups is 1. The van der Waals surface area contributed by atoms with Crippen molar-refractivity contribution in [2.24, 2.45) is 0 Å². The first-order valence-corrected chi connectivity index (χ1v) is 10.9. The van der Waals surface area contributed by atoms with Crippen LogP contribution in [0.4, 0.5) is 5.69 Å². The molecule has 0 aliphatic rings. The van der Waals surface area contributed by atoms with E-state index in [1.807, 2.05) is 35.9 Å². The largest absolute Gasteiger partial charge is 0.352 e. The number of rotatable bonds is 7. The highest BCUT2D eigenvalue weighted by Gasteiger charge is 2.15. The summed E-state index contributed by atoms with van der Waals surface area (Å²) >= 11 is 1.62. The van der Waals surface area contributed by atoms with Crippen molar-refractivity contribution in [1.82, 2.24) is 5.32 Å². The van der Waals surface area contributed by atoms with E-state index >= 15 is 0 Å². The second kappa shape index (κ2) is 8.37. The average Bonchev–Trinajstić information content (AvgIpc) is 3.17. The predicted octanol–water partition coefficient (Wildman–Crippen LogP) is 3.83. The van der Waals surface area contributed by atoms with E-state index in [0.29, 0.717) is 17.8 Å². The summed E-state index contributed by atoms with van der Waals surface area (Å²) in [5.41, 5.74) is 3.15. The van der Waals surface area contributed by atoms with Crippen LogP contribution in [0.25, 0.3) is 0 Å². The molecular formula is C20H20N2O3S2. The van der Waals surface area contributed by atoms with E-state index in [1.54, 1.807) is 23.5 Å². The Bertz CT molecular complexity index is 994. The molecule has 0 atom stereocenters. The van der Waals surface area contributed by atoms with Crippen LogP contribution in [0.15, 0.2) is 70.3 Å². The van der Waals surface area contributed by atoms with Gasteiger partial charge in [0, 0.05) is 17.8 Å². The fraction of sp³-hybridized carbons (Fsp3) is 0.150. The fourth-order valence-corrected chi connectivity index (χ4v) is 4.24. The van der Waals surface area contributed by atoms with Gasteiger partial charge in [0.1, 0.15) is 0 Å². The molecule has 1 heterocycles. The van der Waals surface area contributed by atoms with Gasteiger partial charge in [0.15, 0.2) is 0 Å². The van der Waals surface area contributed by atoms with Crippen LogP contribution in [-0.4, -0.2) is 20.9 Å². The molecule has 0 radical (unpaired) electrons. The van der Waals surface area contributed by atoms with Gasteiger partial charge in [0.05, 0.1) is 4.90 Å². The normalized spacial score (nSPS) is 11.1. The molecule has 0 saturated heterocycles. The van der Waals surface area contributed by atoms with Crippen molar-refractivity contribution < 1.29 is 13.2 Å². The molecule has 3 aromatic rings. The lowest BCUT2D eigenvalue weighted by Gasteiger charge is -2.09. The Morgan fingerprint density at radius 3 is 2.33 bits per heavy atom. The first kappa shape index (κ1) is 19.1. The first-order valence-electron chi connectivity index (χ1n) is 8.43. The number of thiophene rings is 1. The van der Waals surface area contributed by atoms with Crippen molar-refractivity contribution >= 4 is 33.0 Å². The second-order valence-electron chi connectivity index (χ2n) is 6.13. The highest BCUT2D eigenvalue weighted by molar-refractivity contribution is 7.92. The SMILES string of the molecule is Cc1ccc(NS(=O)(=O)c2ccc(C(=O)NCCc3ccsc3)cc2)cc1. The van der Waals surface area contributed by atoms with Crippen LogP contribution in [0, 0.1) is 6.92 Å². The molecule has 0 spiro atoms. The van der Waals surface area contributed by atoms with Crippen molar-refractivity contribution in [3.63, 3.8) is 0 Å². The molecule has 0 saturated carbocycles. The maximum atomic E-state index is 12.5. The van der Waals surface area contributed by atoms with Crippen LogP contribution in [0.5, 0.6) is 0 Å². The van der Waals surface area contributed by atoms with Gasteiger partial charge in [-0.1, -0.05) is 17.7 Å². The van der Waals surface area contributed by atoms with Crippen molar-refractivity contribution in [1.29, 1.82) is 0 Å². The number of nitrogens with one attached hydrogen (secondary N) is 2. The van der Waals surface area contributed by atoms with Gasteiger partial charge in [0.2, 0.25) is 0 Å². The lowest BCUT2D eigenvalue weighted by atomic mass is 10.2. The maximum absolute atomic E-state index is 12.5. The molecule has 7 heteroatoms. The molecule has 5 nitrogen and oxygen atoms in total. The molecular weight excluding hydrogens is 380 g/mol. The summed E-state index contributed by atoms with van der Waals surface area (Å²) in [5, 5.41) is 6.89. The van der Waals surface area contributed by atoms with Gasteiger partial charge < -0.3 is 5.32 Å². The van der Waals surface area contributed by atoms with E-state index in [0.717, 1.165) is 12.0 Å². The van der Waals surface area contributed by atoms with E-state index in [1.165, 1.54) is 29.8 Å². The van der Waals surface area contributed by atoms with E-state index in [9.17, 15) is 13.2 Å². The van der Waals surface area contributed by atoms with Gasteiger partial charge in [0.25, 0.3) is 15.9 Å². The number of amides is 1. The Morgan fingerprint density at radius 1 is 1.00 bits per heavy atom. The molecule has 0 fully saturated rings. The molecule has 140 valence electrons. The summed E-state index contributed by atoms with van der Waals surface area (Å²) in [6.07, 6.45) is 0.766. The van der Waals surface area contributed by atoms with Gasteiger partial charge in [-0.2, -0.15) is 11.3 Å². The molecule has 1 amide bonds. The van der Waals surface area contributed by atoms with Gasteiger partial charge in [-0.25, -0.2) is 8.42 Å². The molecule has 2 N–H and O–H groups in total. The lowest BCUT2D eigenvalue weighted by molar-refractivity contribution is 0.0954. The number of aryl methyl sites for hydroxylation is 1. The number of benzene rings is 2. The van der Waals surface area contributed by atoms with E-state index in [2.05, 4.69) is 10.0 Å². The minimum Gasteiger partial charge on any atom is -0.352 e. The Morgan fingerprint density at radius 2 is 1.70 bits per heavy atom. The second-order valence-corrected chi connectivity index (χ2v) is 8.60. The van der Waals surface area contributed by atoms with Crippen LogP contribution in [0.3, 0.4) is 0 Å². The minimum absolute atomic E-state index is 0.109. The predicted molar refractivity (Wildman–Crippen MR) is 109 cm³/mol. The third-order valence-electron chi connectivity index (χ3n) is 4.01. The zero-order valence-electron chi connectivity index (χ0n) is 14.8. The van der Waals surface area contributed by atoms with E-state index < -0.39 is 10.0 Å². The average molecular weight is 401 g/mol. The lowest BCUT2D eigenvalue weighted by Crippen LogP contribution is -2.25. The Balaban J connectivity index is 1.61. The number of anilines is 1. The zero-order chi connectivity index (χ0) is 19.3. The zero-order valence-corrected chi connectivity index (χ0v) is 16.4. The van der Waals surface area contributed by atoms with Crippen molar-refractivity contribution in [3.8, 4) is 0 Å². The molecule has 0 bridgehead atoms. The van der Waals surface area contributed by atoms with Gasteiger partial charge in [-0.3, -0.25) is 9.52 Å². The minimum atomic E-state index is -3.70. The monoisotopic (exact) mass is 400 g/mol. The van der Waals surface area contributed by atoms with Crippen molar-refractivity contribution in [3.05, 3.63) is 82.0 Å². The highest BCUT2D eigenvalue weighted by atomic mass is 32.2. The third kappa shape index (κ3) is 5.18. The van der Waals surface area contributed by atoms with Gasteiger partial charge >= 0.3 is 0 Å². The van der Waals surface area contributed by atoms with Crippen LogP contribution < -0.4 is 10.0 Å². The number of sulfonamides is 1. The summed E-state index contributed by atoms with van der Waals surface area (Å²) in [6, 6.07) is 15.0. The van der Waals surface area contributed by atoms with Crippen LogP contribution in [0.1, 0.15) is 21.5 Å². The highest BCUT2D eigenvalue weighted by Crippen LogP contribution is 2.17. The smallest absolute Gasteiger partial charge is 0.261 e. The molecule has 0 aliphatic heterocycles. The van der Waals surface area contributed by atoms with E-state index in [4.69, 9.17) is 0 Å². The summed E-state index contributed by atoms with van der Waals surface area (Å²) < 4.78 is 27.5. The Labute approximate surface area is 163 Å². The summed E-state index contributed by atoms with van der Waals surface area (Å²) in [7, 11) is -3.70. The summed E-state index contributed by atoms with van der Waals surface area (Å²) in [4.78, 5) is 12.3. The van der Waals surface area contributed by atoms with Gasteiger partial charge in [-0.15, -0.1) is 0 Å². The van der Waals surface area contributed by atoms with Crippen LogP contribution in [0.2, 0.25) is 0 Å². The maximum Gasteiger partial charge on any atom is 0.261 e. The molecule has 1 aromatic heterocycles. The summed E-state index contributed by atoms with van der Waals surface area (Å²) in [6.45, 7) is 2.47. The standard InChI is InChI=1S/C20H20N2O3S2/c1-15-2-6-18(7-3-15)22-27(24,25)19-8-4-17(5-9-19)20(23)21-12-10-16-11-13-26-14-16/h2-9,11,13-14,22H,10,12H2,1H3,(H,21,23). The van der Waals surface area contributed by atoms with Crippen LogP contribution >= 0.6 is 11.3 Å². The molecule has 3 rings (SSSR count).